The van der Waals surface area contributed by atoms with Crippen LogP contribution in [0.3, 0.4) is 0 Å². The highest BCUT2D eigenvalue weighted by atomic mass is 35.5. The van der Waals surface area contributed by atoms with Gasteiger partial charge in [0.2, 0.25) is 5.71 Å². The minimum absolute atomic E-state index is 0. The lowest BCUT2D eigenvalue weighted by atomic mass is 10.1. The lowest BCUT2D eigenvalue weighted by molar-refractivity contribution is 0.0935. The van der Waals surface area contributed by atoms with Gasteiger partial charge in [-0.3, -0.25) is 9.59 Å². The predicted molar refractivity (Wildman–Crippen MR) is 86.4 cm³/mol. The lowest BCUT2D eigenvalue weighted by Crippen LogP contribution is -2.40. The average Bonchev–Trinajstić information content (AvgIpc) is 2.80. The van der Waals surface area contributed by atoms with Crippen molar-refractivity contribution in [2.45, 2.75) is 39.2 Å². The Morgan fingerprint density at radius 2 is 2.27 bits per heavy atom. The first-order chi connectivity index (χ1) is 10.1. The number of hydrogen-bond acceptors (Lipinski definition) is 5. The first kappa shape index (κ1) is 18.2. The summed E-state index contributed by atoms with van der Waals surface area (Å²) in [5.41, 5.74) is 5.69. The molecule has 8 heteroatoms. The Labute approximate surface area is 134 Å². The highest BCUT2D eigenvalue weighted by molar-refractivity contribution is 6.06. The topological polar surface area (TPSA) is 114 Å². The SMILES string of the molecule is CCCCC(CN)NC(=O)c1c(C)oc2nc[nH]c(=O)c12.Cl. The van der Waals surface area contributed by atoms with Gasteiger partial charge in [-0.1, -0.05) is 19.8 Å². The molecule has 1 amide bonds. The van der Waals surface area contributed by atoms with Crippen LogP contribution in [-0.4, -0.2) is 28.5 Å². The summed E-state index contributed by atoms with van der Waals surface area (Å²) < 4.78 is 5.37. The van der Waals surface area contributed by atoms with E-state index in [1.807, 2.05) is 0 Å². The fraction of sp³-hybridized carbons (Fsp3) is 0.500. The van der Waals surface area contributed by atoms with Crippen LogP contribution in [0.15, 0.2) is 15.5 Å². The van der Waals surface area contributed by atoms with E-state index in [2.05, 4.69) is 22.2 Å². The van der Waals surface area contributed by atoms with Gasteiger partial charge in [-0.2, -0.15) is 0 Å². The molecule has 1 atom stereocenters. The Morgan fingerprint density at radius 1 is 1.55 bits per heavy atom. The van der Waals surface area contributed by atoms with Gasteiger partial charge in [-0.05, 0) is 13.3 Å². The number of aryl methyl sites for hydroxylation is 1. The molecule has 0 aliphatic heterocycles. The maximum atomic E-state index is 12.4. The normalized spacial score (nSPS) is 12.0. The summed E-state index contributed by atoms with van der Waals surface area (Å²) in [4.78, 5) is 30.7. The van der Waals surface area contributed by atoms with Crippen LogP contribution in [0.2, 0.25) is 0 Å². The van der Waals surface area contributed by atoms with Crippen LogP contribution >= 0.6 is 12.4 Å². The zero-order chi connectivity index (χ0) is 15.4. The minimum atomic E-state index is -0.389. The van der Waals surface area contributed by atoms with Crippen LogP contribution in [-0.2, 0) is 0 Å². The maximum Gasteiger partial charge on any atom is 0.262 e. The highest BCUT2D eigenvalue weighted by Crippen LogP contribution is 2.20. The standard InChI is InChI=1S/C14H20N4O3.ClH/c1-3-4-5-9(6-15)18-13(20)10-8(2)21-14-11(10)12(19)16-7-17-14;/h7,9H,3-6,15H2,1-2H3,(H,18,20)(H,16,17,19);1H. The van der Waals surface area contributed by atoms with E-state index in [0.29, 0.717) is 12.3 Å². The van der Waals surface area contributed by atoms with Gasteiger partial charge in [0, 0.05) is 12.6 Å². The maximum absolute atomic E-state index is 12.4. The molecular weight excluding hydrogens is 308 g/mol. The molecule has 0 saturated heterocycles. The van der Waals surface area contributed by atoms with E-state index in [0.717, 1.165) is 19.3 Å². The number of hydrogen-bond donors (Lipinski definition) is 3. The molecule has 1 unspecified atom stereocenters. The van der Waals surface area contributed by atoms with Crippen molar-refractivity contribution in [3.63, 3.8) is 0 Å². The van der Waals surface area contributed by atoms with Gasteiger partial charge in [0.15, 0.2) is 0 Å². The molecule has 7 nitrogen and oxygen atoms in total. The molecule has 4 N–H and O–H groups in total. The second-order valence-electron chi connectivity index (χ2n) is 4.99. The van der Waals surface area contributed by atoms with E-state index in [9.17, 15) is 9.59 Å². The fourth-order valence-corrected chi connectivity index (χ4v) is 2.28. The van der Waals surface area contributed by atoms with Crippen molar-refractivity contribution in [2.24, 2.45) is 5.73 Å². The predicted octanol–water partition coefficient (Wildman–Crippen LogP) is 1.49. The van der Waals surface area contributed by atoms with E-state index >= 15 is 0 Å². The monoisotopic (exact) mass is 328 g/mol. The Kier molecular flexibility index (Phi) is 6.58. The number of aromatic nitrogens is 2. The Hall–Kier alpha value is -1.86. The second kappa shape index (κ2) is 7.95. The molecule has 122 valence electrons. The molecule has 0 aliphatic rings. The van der Waals surface area contributed by atoms with Crippen molar-refractivity contribution in [2.75, 3.05) is 6.54 Å². The van der Waals surface area contributed by atoms with Gasteiger partial charge >= 0.3 is 0 Å². The number of halogens is 1. The van der Waals surface area contributed by atoms with E-state index in [1.165, 1.54) is 6.33 Å². The molecule has 2 rings (SSSR count). The molecular formula is C14H21ClN4O3. The summed E-state index contributed by atoms with van der Waals surface area (Å²) in [6, 6.07) is -0.113. The molecule has 0 aromatic carbocycles. The van der Waals surface area contributed by atoms with Crippen LogP contribution in [0.5, 0.6) is 0 Å². The number of nitrogens with zero attached hydrogens (tertiary/aromatic N) is 1. The number of H-pyrrole nitrogens is 1. The zero-order valence-electron chi connectivity index (χ0n) is 12.6. The molecule has 0 aliphatic carbocycles. The van der Waals surface area contributed by atoms with Gasteiger partial charge in [0.1, 0.15) is 11.1 Å². The smallest absolute Gasteiger partial charge is 0.262 e. The molecule has 0 spiro atoms. The number of nitrogens with one attached hydrogen (secondary N) is 2. The van der Waals surface area contributed by atoms with Crippen molar-refractivity contribution in [1.82, 2.24) is 15.3 Å². The van der Waals surface area contributed by atoms with Crippen molar-refractivity contribution in [3.8, 4) is 0 Å². The van der Waals surface area contributed by atoms with E-state index in [-0.39, 0.29) is 46.6 Å². The largest absolute Gasteiger partial charge is 0.442 e. The van der Waals surface area contributed by atoms with Crippen LogP contribution < -0.4 is 16.6 Å². The van der Waals surface area contributed by atoms with Gasteiger partial charge < -0.3 is 20.5 Å². The Morgan fingerprint density at radius 3 is 2.91 bits per heavy atom. The molecule has 2 aromatic rings. The summed E-state index contributed by atoms with van der Waals surface area (Å²) in [5.74, 6) is 0.0225. The Bertz CT molecular complexity index is 695. The van der Waals surface area contributed by atoms with Crippen LogP contribution in [0.1, 0.15) is 42.3 Å². The number of carbonyl (C=O) groups excluding carboxylic acids is 1. The summed E-state index contributed by atoms with van der Waals surface area (Å²) in [7, 11) is 0. The molecule has 2 heterocycles. The van der Waals surface area contributed by atoms with Gasteiger partial charge in [-0.25, -0.2) is 4.98 Å². The summed E-state index contributed by atoms with van der Waals surface area (Å²) in [5, 5.41) is 3.04. The van der Waals surface area contributed by atoms with Crippen molar-refractivity contribution in [3.05, 3.63) is 28.0 Å². The first-order valence-electron chi connectivity index (χ1n) is 7.06. The molecule has 22 heavy (non-hydrogen) atoms. The van der Waals surface area contributed by atoms with Crippen molar-refractivity contribution in [1.29, 1.82) is 0 Å². The number of aromatic amines is 1. The quantitative estimate of drug-likeness (QED) is 0.743. The van der Waals surface area contributed by atoms with E-state index < -0.39 is 0 Å². The highest BCUT2D eigenvalue weighted by Gasteiger charge is 2.23. The molecule has 2 aromatic heterocycles. The van der Waals surface area contributed by atoms with Crippen LogP contribution in [0.4, 0.5) is 0 Å². The van der Waals surface area contributed by atoms with Crippen molar-refractivity contribution >= 4 is 29.4 Å². The number of amides is 1. The van der Waals surface area contributed by atoms with Gasteiger partial charge in [-0.15, -0.1) is 12.4 Å². The van der Waals surface area contributed by atoms with Crippen LogP contribution in [0, 0.1) is 6.92 Å². The fourth-order valence-electron chi connectivity index (χ4n) is 2.28. The average molecular weight is 329 g/mol. The van der Waals surface area contributed by atoms with E-state index in [4.69, 9.17) is 10.2 Å². The van der Waals surface area contributed by atoms with Crippen LogP contribution in [0.25, 0.3) is 11.1 Å². The third kappa shape index (κ3) is 3.66. The summed E-state index contributed by atoms with van der Waals surface area (Å²) in [6.07, 6.45) is 4.07. The summed E-state index contributed by atoms with van der Waals surface area (Å²) in [6.45, 7) is 4.07. The Balaban J connectivity index is 0.00000242. The van der Waals surface area contributed by atoms with E-state index in [1.54, 1.807) is 6.92 Å². The number of carbonyl (C=O) groups is 1. The van der Waals surface area contributed by atoms with Crippen molar-refractivity contribution < 1.29 is 9.21 Å². The van der Waals surface area contributed by atoms with Gasteiger partial charge in [0.25, 0.3) is 11.5 Å². The molecule has 0 bridgehead atoms. The zero-order valence-corrected chi connectivity index (χ0v) is 13.5. The lowest BCUT2D eigenvalue weighted by Gasteiger charge is -2.16. The molecule has 0 fully saturated rings. The number of rotatable bonds is 6. The number of nitrogens with two attached hydrogens (primary N) is 1. The second-order valence-corrected chi connectivity index (χ2v) is 4.99. The first-order valence-corrected chi connectivity index (χ1v) is 7.06. The third-order valence-corrected chi connectivity index (χ3v) is 3.42. The number of furan rings is 1. The summed E-state index contributed by atoms with van der Waals surface area (Å²) >= 11 is 0. The number of fused-ring (bicyclic) bond motifs is 1. The molecule has 0 radical (unpaired) electrons. The number of unbranched alkanes of at least 4 members (excludes halogenated alkanes) is 1. The van der Waals surface area contributed by atoms with Gasteiger partial charge in [0.05, 0.1) is 11.9 Å². The molecule has 0 saturated carbocycles. The minimum Gasteiger partial charge on any atom is -0.442 e. The third-order valence-electron chi connectivity index (χ3n) is 3.42.